The summed E-state index contributed by atoms with van der Waals surface area (Å²) in [6, 6.07) is 20.9. The van der Waals surface area contributed by atoms with Gasteiger partial charge < -0.3 is 9.84 Å². The summed E-state index contributed by atoms with van der Waals surface area (Å²) in [6.45, 7) is 3.88. The van der Waals surface area contributed by atoms with Crippen molar-refractivity contribution in [3.8, 4) is 5.75 Å². The number of aryl methyl sites for hydroxylation is 2. The van der Waals surface area contributed by atoms with E-state index in [2.05, 4.69) is 0 Å². The summed E-state index contributed by atoms with van der Waals surface area (Å²) in [5, 5.41) is 11.1. The maximum absolute atomic E-state index is 13.2. The zero-order valence-corrected chi connectivity index (χ0v) is 17.6. The van der Waals surface area contributed by atoms with Gasteiger partial charge in [0.05, 0.1) is 18.7 Å². The number of rotatable bonds is 4. The van der Waals surface area contributed by atoms with Gasteiger partial charge in [-0.1, -0.05) is 54.6 Å². The van der Waals surface area contributed by atoms with E-state index in [1.165, 1.54) is 4.90 Å². The monoisotopic (exact) mass is 413 g/mol. The van der Waals surface area contributed by atoms with Crippen LogP contribution in [-0.4, -0.2) is 23.9 Å². The molecule has 4 rings (SSSR count). The molecule has 3 aromatic rings. The number of para-hydroxylation sites is 1. The van der Waals surface area contributed by atoms with Gasteiger partial charge >= 0.3 is 0 Å². The summed E-state index contributed by atoms with van der Waals surface area (Å²) in [7, 11) is 1.54. The molecule has 1 atom stereocenters. The summed E-state index contributed by atoms with van der Waals surface area (Å²) in [5.74, 6) is -1.08. The summed E-state index contributed by atoms with van der Waals surface area (Å²) in [5.41, 5.74) is 3.68. The summed E-state index contributed by atoms with van der Waals surface area (Å²) < 4.78 is 5.54. The molecule has 3 aromatic carbocycles. The molecule has 1 unspecified atom stereocenters. The van der Waals surface area contributed by atoms with Crippen molar-refractivity contribution in [2.45, 2.75) is 19.9 Å². The molecule has 1 fully saturated rings. The minimum atomic E-state index is -0.822. The lowest BCUT2D eigenvalue weighted by Gasteiger charge is -2.27. The third-order valence-corrected chi connectivity index (χ3v) is 5.41. The van der Waals surface area contributed by atoms with Gasteiger partial charge in [-0.15, -0.1) is 0 Å². The van der Waals surface area contributed by atoms with E-state index in [1.54, 1.807) is 37.4 Å². The van der Waals surface area contributed by atoms with Crippen LogP contribution in [0.5, 0.6) is 5.75 Å². The van der Waals surface area contributed by atoms with Gasteiger partial charge in [-0.3, -0.25) is 14.5 Å². The lowest BCUT2D eigenvalue weighted by molar-refractivity contribution is -0.132. The number of aliphatic hydroxyl groups is 1. The van der Waals surface area contributed by atoms with Gasteiger partial charge in [0.25, 0.3) is 11.7 Å². The molecule has 1 N–H and O–H groups in total. The highest BCUT2D eigenvalue weighted by molar-refractivity contribution is 6.51. The number of methoxy groups -OCH3 is 1. The maximum atomic E-state index is 13.2. The van der Waals surface area contributed by atoms with Crippen LogP contribution in [0.25, 0.3) is 5.76 Å². The van der Waals surface area contributed by atoms with E-state index in [-0.39, 0.29) is 11.3 Å². The molecule has 31 heavy (non-hydrogen) atoms. The molecule has 156 valence electrons. The maximum Gasteiger partial charge on any atom is 0.300 e. The molecular formula is C26H23NO4. The van der Waals surface area contributed by atoms with Crippen molar-refractivity contribution in [1.82, 2.24) is 0 Å². The molecule has 0 radical (unpaired) electrons. The molecule has 1 heterocycles. The summed E-state index contributed by atoms with van der Waals surface area (Å²) in [4.78, 5) is 27.9. The Morgan fingerprint density at radius 1 is 0.903 bits per heavy atom. The number of anilines is 1. The Kier molecular flexibility index (Phi) is 5.34. The van der Waals surface area contributed by atoms with Crippen molar-refractivity contribution in [2.24, 2.45) is 0 Å². The average molecular weight is 413 g/mol. The lowest BCUT2D eigenvalue weighted by Crippen LogP contribution is -2.29. The molecule has 0 aliphatic carbocycles. The lowest BCUT2D eigenvalue weighted by atomic mass is 9.94. The number of carbonyl (C=O) groups is 2. The van der Waals surface area contributed by atoms with Crippen molar-refractivity contribution < 1.29 is 19.4 Å². The fourth-order valence-electron chi connectivity index (χ4n) is 4.13. The van der Waals surface area contributed by atoms with Gasteiger partial charge in [0.15, 0.2) is 0 Å². The van der Waals surface area contributed by atoms with Gasteiger partial charge in [-0.2, -0.15) is 0 Å². The van der Waals surface area contributed by atoms with Crippen LogP contribution >= 0.6 is 0 Å². The second kappa shape index (κ2) is 8.11. The first kappa shape index (κ1) is 20.4. The predicted molar refractivity (Wildman–Crippen MR) is 120 cm³/mol. The first-order valence-corrected chi connectivity index (χ1v) is 10.00. The number of amides is 1. The van der Waals surface area contributed by atoms with Crippen LogP contribution in [0.1, 0.15) is 28.3 Å². The third kappa shape index (κ3) is 3.59. The molecular weight excluding hydrogens is 390 g/mol. The van der Waals surface area contributed by atoms with E-state index < -0.39 is 17.7 Å². The third-order valence-electron chi connectivity index (χ3n) is 5.41. The van der Waals surface area contributed by atoms with Crippen LogP contribution in [0.15, 0.2) is 78.4 Å². The Bertz CT molecular complexity index is 1180. The molecule has 0 bridgehead atoms. The first-order valence-electron chi connectivity index (χ1n) is 10.00. The highest BCUT2D eigenvalue weighted by Crippen LogP contribution is 2.45. The van der Waals surface area contributed by atoms with Gasteiger partial charge in [0.2, 0.25) is 0 Å². The molecule has 1 saturated heterocycles. The van der Waals surface area contributed by atoms with E-state index >= 15 is 0 Å². The molecule has 1 aliphatic rings. The molecule has 1 aliphatic heterocycles. The van der Waals surface area contributed by atoms with E-state index in [0.29, 0.717) is 22.6 Å². The highest BCUT2D eigenvalue weighted by atomic mass is 16.5. The van der Waals surface area contributed by atoms with Crippen molar-refractivity contribution >= 4 is 23.1 Å². The van der Waals surface area contributed by atoms with Crippen molar-refractivity contribution in [3.63, 3.8) is 0 Å². The number of benzene rings is 3. The second-order valence-corrected chi connectivity index (χ2v) is 7.62. The number of aliphatic hydroxyl groups excluding tert-OH is 1. The Labute approximate surface area is 181 Å². The van der Waals surface area contributed by atoms with Crippen LogP contribution in [0, 0.1) is 13.8 Å². The molecule has 1 amide bonds. The largest absolute Gasteiger partial charge is 0.507 e. The van der Waals surface area contributed by atoms with Crippen molar-refractivity contribution in [1.29, 1.82) is 0 Å². The number of ketones is 1. The smallest absolute Gasteiger partial charge is 0.300 e. The number of Topliss-reactive ketones (excluding diaryl/α,β-unsaturated/α-hetero) is 1. The average Bonchev–Trinajstić information content (AvgIpc) is 3.03. The fourth-order valence-corrected chi connectivity index (χ4v) is 4.13. The Morgan fingerprint density at radius 3 is 2.16 bits per heavy atom. The normalized spacial score (nSPS) is 17.8. The van der Waals surface area contributed by atoms with E-state index in [0.717, 1.165) is 11.1 Å². The predicted octanol–water partition coefficient (Wildman–Crippen LogP) is 4.94. The molecule has 5 heteroatoms. The van der Waals surface area contributed by atoms with Gasteiger partial charge in [0, 0.05) is 16.8 Å². The molecule has 5 nitrogen and oxygen atoms in total. The number of nitrogens with zero attached hydrogens (tertiary/aromatic N) is 1. The van der Waals surface area contributed by atoms with Crippen LogP contribution in [0.2, 0.25) is 0 Å². The minimum absolute atomic E-state index is 0.0415. The number of ether oxygens (including phenoxy) is 1. The Hall–Kier alpha value is -3.86. The summed E-state index contributed by atoms with van der Waals surface area (Å²) in [6.07, 6.45) is 0. The summed E-state index contributed by atoms with van der Waals surface area (Å²) >= 11 is 0. The quantitative estimate of drug-likeness (QED) is 0.374. The SMILES string of the molecule is COc1ccccc1C1/C(=C(\O)c2ccccc2)C(=O)C(=O)N1c1cc(C)cc(C)c1. The van der Waals surface area contributed by atoms with Gasteiger partial charge in [-0.25, -0.2) is 0 Å². The Morgan fingerprint density at radius 2 is 1.52 bits per heavy atom. The van der Waals surface area contributed by atoms with E-state index in [9.17, 15) is 14.7 Å². The van der Waals surface area contributed by atoms with Crippen molar-refractivity contribution in [2.75, 3.05) is 12.0 Å². The second-order valence-electron chi connectivity index (χ2n) is 7.62. The van der Waals surface area contributed by atoms with E-state index in [4.69, 9.17) is 4.74 Å². The highest BCUT2D eigenvalue weighted by Gasteiger charge is 2.47. The standard InChI is InChI=1S/C26H23NO4/c1-16-13-17(2)15-19(14-16)27-23(20-11-7-8-12-21(20)31-3)22(25(29)26(27)30)24(28)18-9-5-4-6-10-18/h4-15,23,28H,1-3H3/b24-22+. The molecule has 0 spiro atoms. The molecule has 0 aromatic heterocycles. The minimum Gasteiger partial charge on any atom is -0.507 e. The number of hydrogen-bond acceptors (Lipinski definition) is 4. The van der Waals surface area contributed by atoms with Gasteiger partial charge in [-0.05, 0) is 43.2 Å². The van der Waals surface area contributed by atoms with Crippen LogP contribution in [0.3, 0.4) is 0 Å². The van der Waals surface area contributed by atoms with Gasteiger partial charge in [0.1, 0.15) is 11.5 Å². The van der Waals surface area contributed by atoms with Crippen LogP contribution in [0.4, 0.5) is 5.69 Å². The van der Waals surface area contributed by atoms with Crippen molar-refractivity contribution in [3.05, 3.63) is 101 Å². The number of hydrogen-bond donors (Lipinski definition) is 1. The fraction of sp³-hybridized carbons (Fsp3) is 0.154. The zero-order valence-electron chi connectivity index (χ0n) is 17.6. The van der Waals surface area contributed by atoms with E-state index in [1.807, 2.05) is 56.3 Å². The first-order chi connectivity index (χ1) is 14.9. The molecule has 0 saturated carbocycles. The Balaban J connectivity index is 2.01. The number of carbonyl (C=O) groups excluding carboxylic acids is 2. The topological polar surface area (TPSA) is 66.8 Å². The van der Waals surface area contributed by atoms with Crippen LogP contribution in [-0.2, 0) is 9.59 Å². The van der Waals surface area contributed by atoms with Crippen LogP contribution < -0.4 is 9.64 Å². The zero-order chi connectivity index (χ0) is 22.1.